The van der Waals surface area contributed by atoms with Gasteiger partial charge in [0, 0.05) is 29.1 Å². The average Bonchev–Trinajstić information content (AvgIpc) is 3.18. The average molecular weight is 457 g/mol. The lowest BCUT2D eigenvalue weighted by molar-refractivity contribution is 0.103. The molecular formula is C24H22ClFN2O4. The molecule has 0 radical (unpaired) electrons. The Labute approximate surface area is 189 Å². The monoisotopic (exact) mass is 456 g/mol. The Hall–Kier alpha value is -3.29. The molecule has 8 heteroatoms. The van der Waals surface area contributed by atoms with Crippen LogP contribution >= 0.6 is 11.6 Å². The standard InChI is InChI=1S/C24H22ClFN2O4/c25-17-9-10-19-16(13-24(14-27,32-19)15-5-2-1-3-6-15)21(17)22-18(26)7-4-8-20(22)31-12-11-28-23(29)30/h1-10,28H,11-14,27H2,(H,29,30). The van der Waals surface area contributed by atoms with Gasteiger partial charge in [-0.05, 0) is 29.8 Å². The van der Waals surface area contributed by atoms with Gasteiger partial charge >= 0.3 is 6.09 Å². The summed E-state index contributed by atoms with van der Waals surface area (Å²) in [5.74, 6) is 0.340. The summed E-state index contributed by atoms with van der Waals surface area (Å²) in [6.45, 7) is 0.312. The van der Waals surface area contributed by atoms with Gasteiger partial charge in [-0.2, -0.15) is 0 Å². The molecule has 1 amide bonds. The van der Waals surface area contributed by atoms with Gasteiger partial charge in [0.2, 0.25) is 0 Å². The minimum atomic E-state index is -1.16. The molecule has 0 bridgehead atoms. The van der Waals surface area contributed by atoms with Crippen molar-refractivity contribution in [3.05, 3.63) is 82.6 Å². The maximum absolute atomic E-state index is 15.1. The molecule has 166 valence electrons. The molecule has 6 nitrogen and oxygen atoms in total. The van der Waals surface area contributed by atoms with Crippen molar-refractivity contribution in [2.24, 2.45) is 5.73 Å². The maximum atomic E-state index is 15.1. The number of amides is 1. The summed E-state index contributed by atoms with van der Waals surface area (Å²) >= 11 is 6.57. The quantitative estimate of drug-likeness (QED) is 0.452. The zero-order valence-corrected chi connectivity index (χ0v) is 17.9. The predicted molar refractivity (Wildman–Crippen MR) is 120 cm³/mol. The van der Waals surface area contributed by atoms with Crippen LogP contribution in [0.2, 0.25) is 5.02 Å². The molecule has 0 spiro atoms. The van der Waals surface area contributed by atoms with E-state index >= 15 is 4.39 Å². The zero-order valence-electron chi connectivity index (χ0n) is 17.1. The maximum Gasteiger partial charge on any atom is 0.404 e. The molecule has 1 aliphatic heterocycles. The molecule has 0 fully saturated rings. The molecule has 0 saturated heterocycles. The Morgan fingerprint density at radius 2 is 1.94 bits per heavy atom. The highest BCUT2D eigenvalue weighted by Gasteiger charge is 2.42. The summed E-state index contributed by atoms with van der Waals surface area (Å²) in [4.78, 5) is 10.7. The summed E-state index contributed by atoms with van der Waals surface area (Å²) < 4.78 is 27.1. The normalized spacial score (nSPS) is 16.8. The lowest BCUT2D eigenvalue weighted by atomic mass is 9.86. The predicted octanol–water partition coefficient (Wildman–Crippen LogP) is 4.58. The van der Waals surface area contributed by atoms with Crippen LogP contribution in [0.4, 0.5) is 9.18 Å². The van der Waals surface area contributed by atoms with Gasteiger partial charge in [0.15, 0.2) is 5.60 Å². The van der Waals surface area contributed by atoms with Crippen molar-refractivity contribution >= 4 is 17.7 Å². The Morgan fingerprint density at radius 3 is 2.66 bits per heavy atom. The molecule has 3 aromatic carbocycles. The first-order chi connectivity index (χ1) is 15.4. The van der Waals surface area contributed by atoms with E-state index in [2.05, 4.69) is 5.32 Å². The largest absolute Gasteiger partial charge is 0.491 e. The van der Waals surface area contributed by atoms with Gasteiger partial charge in [-0.1, -0.05) is 48.0 Å². The molecule has 3 aromatic rings. The van der Waals surface area contributed by atoms with Crippen molar-refractivity contribution in [3.63, 3.8) is 0 Å². The van der Waals surface area contributed by atoms with Crippen molar-refractivity contribution in [3.8, 4) is 22.6 Å². The Kier molecular flexibility index (Phi) is 6.21. The van der Waals surface area contributed by atoms with Crippen LogP contribution in [0, 0.1) is 5.82 Å². The number of rotatable bonds is 7. The number of carbonyl (C=O) groups is 1. The zero-order chi connectivity index (χ0) is 22.7. The van der Waals surface area contributed by atoms with E-state index in [0.717, 1.165) is 11.1 Å². The van der Waals surface area contributed by atoms with Gasteiger partial charge in [0.25, 0.3) is 0 Å². The van der Waals surface area contributed by atoms with E-state index in [-0.39, 0.29) is 31.0 Å². The lowest BCUT2D eigenvalue weighted by Gasteiger charge is -2.27. The van der Waals surface area contributed by atoms with Crippen molar-refractivity contribution in [2.45, 2.75) is 12.0 Å². The fourth-order valence-corrected chi connectivity index (χ4v) is 4.27. The second-order valence-corrected chi connectivity index (χ2v) is 7.84. The highest BCUT2D eigenvalue weighted by atomic mass is 35.5. The third kappa shape index (κ3) is 4.09. The first-order valence-corrected chi connectivity index (χ1v) is 10.5. The fourth-order valence-electron chi connectivity index (χ4n) is 3.99. The van der Waals surface area contributed by atoms with E-state index in [0.29, 0.717) is 22.8 Å². The molecule has 1 atom stereocenters. The van der Waals surface area contributed by atoms with E-state index in [1.165, 1.54) is 12.1 Å². The van der Waals surface area contributed by atoms with Crippen LogP contribution in [0.1, 0.15) is 11.1 Å². The highest BCUT2D eigenvalue weighted by molar-refractivity contribution is 6.33. The van der Waals surface area contributed by atoms with Gasteiger partial charge in [-0.15, -0.1) is 0 Å². The first-order valence-electron chi connectivity index (χ1n) is 10.1. The number of fused-ring (bicyclic) bond motifs is 1. The lowest BCUT2D eigenvalue weighted by Crippen LogP contribution is -2.39. The fraction of sp³-hybridized carbons (Fsp3) is 0.208. The molecule has 0 aliphatic carbocycles. The molecule has 1 unspecified atom stereocenters. The number of nitrogens with two attached hydrogens (primary N) is 1. The van der Waals surface area contributed by atoms with E-state index in [1.807, 2.05) is 30.3 Å². The Bertz CT molecular complexity index is 1140. The minimum absolute atomic E-state index is 0.0304. The number of halogens is 2. The second-order valence-electron chi connectivity index (χ2n) is 7.44. The summed E-state index contributed by atoms with van der Waals surface area (Å²) in [6.07, 6.45) is -0.749. The molecule has 0 saturated carbocycles. The van der Waals surface area contributed by atoms with Crippen molar-refractivity contribution in [2.75, 3.05) is 19.7 Å². The molecule has 4 N–H and O–H groups in total. The van der Waals surface area contributed by atoms with Crippen molar-refractivity contribution < 1.29 is 23.8 Å². The van der Waals surface area contributed by atoms with Crippen LogP contribution in [0.25, 0.3) is 11.1 Å². The molecular weight excluding hydrogens is 435 g/mol. The van der Waals surface area contributed by atoms with Gasteiger partial charge in [-0.25, -0.2) is 9.18 Å². The van der Waals surface area contributed by atoms with Crippen LogP contribution < -0.4 is 20.5 Å². The summed E-state index contributed by atoms with van der Waals surface area (Å²) in [7, 11) is 0. The highest BCUT2D eigenvalue weighted by Crippen LogP contribution is 2.49. The smallest absolute Gasteiger partial charge is 0.404 e. The van der Waals surface area contributed by atoms with Crippen LogP contribution in [0.5, 0.6) is 11.5 Å². The number of nitrogens with one attached hydrogen (secondary N) is 1. The van der Waals surface area contributed by atoms with Gasteiger partial charge < -0.3 is 25.6 Å². The van der Waals surface area contributed by atoms with E-state index in [9.17, 15) is 4.79 Å². The second kappa shape index (κ2) is 9.06. The third-order valence-corrected chi connectivity index (χ3v) is 5.79. The van der Waals surface area contributed by atoms with Crippen LogP contribution in [-0.4, -0.2) is 30.9 Å². The van der Waals surface area contributed by atoms with Crippen LogP contribution in [-0.2, 0) is 12.0 Å². The molecule has 4 rings (SSSR count). The van der Waals surface area contributed by atoms with Crippen LogP contribution in [0.15, 0.2) is 60.7 Å². The minimum Gasteiger partial charge on any atom is -0.491 e. The van der Waals surface area contributed by atoms with E-state index in [1.54, 1.807) is 18.2 Å². The van der Waals surface area contributed by atoms with Crippen molar-refractivity contribution in [1.29, 1.82) is 0 Å². The SMILES string of the molecule is NCC1(c2ccccc2)Cc2c(ccc(Cl)c2-c2c(F)cccc2OCCNC(=O)O)O1. The van der Waals surface area contributed by atoms with Crippen LogP contribution in [0.3, 0.4) is 0 Å². The van der Waals surface area contributed by atoms with Gasteiger partial charge in [0.05, 0.1) is 12.1 Å². The van der Waals surface area contributed by atoms with E-state index < -0.39 is 17.5 Å². The summed E-state index contributed by atoms with van der Waals surface area (Å²) in [6, 6.07) is 17.6. The van der Waals surface area contributed by atoms with Crippen molar-refractivity contribution in [1.82, 2.24) is 5.32 Å². The van der Waals surface area contributed by atoms with E-state index in [4.69, 9.17) is 31.9 Å². The molecule has 1 aliphatic rings. The first kappa shape index (κ1) is 21.9. The Morgan fingerprint density at radius 1 is 1.16 bits per heavy atom. The number of benzene rings is 3. The van der Waals surface area contributed by atoms with Gasteiger partial charge in [-0.3, -0.25) is 0 Å². The number of carboxylic acid groups (broad SMARTS) is 1. The Balaban J connectivity index is 1.76. The molecule has 0 aromatic heterocycles. The topological polar surface area (TPSA) is 93.8 Å². The third-order valence-electron chi connectivity index (χ3n) is 5.48. The number of hydrogen-bond acceptors (Lipinski definition) is 4. The number of ether oxygens (including phenoxy) is 2. The summed E-state index contributed by atoms with van der Waals surface area (Å²) in [5, 5.41) is 11.3. The molecule has 1 heterocycles. The number of hydrogen-bond donors (Lipinski definition) is 3. The molecule has 32 heavy (non-hydrogen) atoms. The summed E-state index contributed by atoms with van der Waals surface area (Å²) in [5.41, 5.74) is 7.72. The van der Waals surface area contributed by atoms with Gasteiger partial charge in [0.1, 0.15) is 23.9 Å².